The summed E-state index contributed by atoms with van der Waals surface area (Å²) in [5.41, 5.74) is 1.25. The lowest BCUT2D eigenvalue weighted by molar-refractivity contribution is -0.119. The summed E-state index contributed by atoms with van der Waals surface area (Å²) in [6.45, 7) is 6.39. The SMILES string of the molecule is CCCc1nc(SCC(=O)NC2CCCC2)c2c(C)c(C)sc2n1. The summed E-state index contributed by atoms with van der Waals surface area (Å²) >= 11 is 3.28. The van der Waals surface area contributed by atoms with Gasteiger partial charge in [-0.15, -0.1) is 11.3 Å². The number of hydrogen-bond donors (Lipinski definition) is 1. The van der Waals surface area contributed by atoms with Gasteiger partial charge in [0.25, 0.3) is 0 Å². The zero-order valence-electron chi connectivity index (χ0n) is 14.6. The van der Waals surface area contributed by atoms with Gasteiger partial charge in [0.2, 0.25) is 5.91 Å². The lowest BCUT2D eigenvalue weighted by atomic mass is 10.2. The van der Waals surface area contributed by atoms with Gasteiger partial charge in [-0.1, -0.05) is 31.5 Å². The largest absolute Gasteiger partial charge is 0.353 e. The number of nitrogens with one attached hydrogen (secondary N) is 1. The molecule has 2 aromatic heterocycles. The molecule has 0 atom stereocenters. The normalized spacial score (nSPS) is 15.3. The van der Waals surface area contributed by atoms with Crippen LogP contribution in [0.15, 0.2) is 5.03 Å². The number of amides is 1. The van der Waals surface area contributed by atoms with E-state index in [1.807, 2.05) is 0 Å². The van der Waals surface area contributed by atoms with E-state index in [0.29, 0.717) is 11.8 Å². The monoisotopic (exact) mass is 363 g/mol. The van der Waals surface area contributed by atoms with Crippen molar-refractivity contribution >= 4 is 39.2 Å². The van der Waals surface area contributed by atoms with Crippen molar-refractivity contribution in [3.63, 3.8) is 0 Å². The number of rotatable bonds is 6. The first-order valence-corrected chi connectivity index (χ1v) is 10.6. The number of nitrogens with zero attached hydrogens (tertiary/aromatic N) is 2. The van der Waals surface area contributed by atoms with E-state index in [2.05, 4.69) is 26.1 Å². The molecule has 1 fully saturated rings. The van der Waals surface area contributed by atoms with E-state index >= 15 is 0 Å². The zero-order valence-corrected chi connectivity index (χ0v) is 16.3. The lowest BCUT2D eigenvalue weighted by Crippen LogP contribution is -2.33. The Labute approximate surface area is 151 Å². The number of hydrogen-bond acceptors (Lipinski definition) is 5. The van der Waals surface area contributed by atoms with Crippen LogP contribution in [0.3, 0.4) is 0 Å². The summed E-state index contributed by atoms with van der Waals surface area (Å²) < 4.78 is 0. The first kappa shape index (κ1) is 17.7. The predicted octanol–water partition coefficient (Wildman–Crippen LogP) is 4.41. The van der Waals surface area contributed by atoms with Crippen LogP contribution < -0.4 is 5.32 Å². The summed E-state index contributed by atoms with van der Waals surface area (Å²) in [6, 6.07) is 0.379. The average Bonchev–Trinajstić information content (AvgIpc) is 3.14. The van der Waals surface area contributed by atoms with Crippen LogP contribution in [0.1, 0.15) is 55.3 Å². The van der Waals surface area contributed by atoms with Crippen molar-refractivity contribution in [1.29, 1.82) is 0 Å². The summed E-state index contributed by atoms with van der Waals surface area (Å²) in [4.78, 5) is 24.0. The number of fused-ring (bicyclic) bond motifs is 1. The molecular weight excluding hydrogens is 338 g/mol. The van der Waals surface area contributed by atoms with Crippen LogP contribution in [-0.4, -0.2) is 27.7 Å². The molecular formula is C18H25N3OS2. The van der Waals surface area contributed by atoms with Crippen molar-refractivity contribution < 1.29 is 4.79 Å². The smallest absolute Gasteiger partial charge is 0.230 e. The zero-order chi connectivity index (χ0) is 17.1. The van der Waals surface area contributed by atoms with Crippen molar-refractivity contribution in [2.45, 2.75) is 70.4 Å². The Hall–Kier alpha value is -1.14. The van der Waals surface area contributed by atoms with Gasteiger partial charge >= 0.3 is 0 Å². The third-order valence-corrected chi connectivity index (χ3v) is 6.65. The van der Waals surface area contributed by atoms with Gasteiger partial charge in [-0.3, -0.25) is 4.79 Å². The predicted molar refractivity (Wildman–Crippen MR) is 102 cm³/mol. The number of carbonyl (C=O) groups is 1. The minimum Gasteiger partial charge on any atom is -0.353 e. The Morgan fingerprint density at radius 1 is 1.29 bits per heavy atom. The molecule has 2 heterocycles. The lowest BCUT2D eigenvalue weighted by Gasteiger charge is -2.12. The van der Waals surface area contributed by atoms with Crippen LogP contribution in [0.5, 0.6) is 0 Å². The van der Waals surface area contributed by atoms with Crippen molar-refractivity contribution in [3.8, 4) is 0 Å². The molecule has 0 radical (unpaired) electrons. The Morgan fingerprint density at radius 3 is 2.75 bits per heavy atom. The van der Waals surface area contributed by atoms with Crippen LogP contribution in [0, 0.1) is 13.8 Å². The molecule has 1 N–H and O–H groups in total. The van der Waals surface area contributed by atoms with Gasteiger partial charge in [0.15, 0.2) is 0 Å². The van der Waals surface area contributed by atoms with Gasteiger partial charge in [0.1, 0.15) is 15.7 Å². The number of aryl methyl sites for hydroxylation is 3. The Balaban J connectivity index is 1.77. The summed E-state index contributed by atoms with van der Waals surface area (Å²) in [5.74, 6) is 1.45. The Morgan fingerprint density at radius 2 is 2.04 bits per heavy atom. The van der Waals surface area contributed by atoms with Crippen LogP contribution in [0.4, 0.5) is 0 Å². The summed E-state index contributed by atoms with van der Waals surface area (Å²) in [7, 11) is 0. The van der Waals surface area contributed by atoms with E-state index < -0.39 is 0 Å². The van der Waals surface area contributed by atoms with E-state index in [1.165, 1.54) is 23.3 Å². The maximum Gasteiger partial charge on any atom is 0.230 e. The number of thiophene rings is 1. The molecule has 0 spiro atoms. The maximum atomic E-state index is 12.2. The summed E-state index contributed by atoms with van der Waals surface area (Å²) in [5, 5.41) is 5.26. The molecule has 1 aliphatic carbocycles. The molecule has 0 aliphatic heterocycles. The minimum atomic E-state index is 0.125. The summed E-state index contributed by atoms with van der Waals surface area (Å²) in [6.07, 6.45) is 6.63. The van der Waals surface area contributed by atoms with Gasteiger partial charge in [-0.05, 0) is 38.7 Å². The molecule has 2 aromatic rings. The third-order valence-electron chi connectivity index (χ3n) is 4.58. The molecule has 24 heavy (non-hydrogen) atoms. The second kappa shape index (κ2) is 7.83. The van der Waals surface area contributed by atoms with Crippen molar-refractivity contribution in [2.75, 3.05) is 5.75 Å². The second-order valence-corrected chi connectivity index (χ2v) is 8.66. The topological polar surface area (TPSA) is 54.9 Å². The highest BCUT2D eigenvalue weighted by Crippen LogP contribution is 2.35. The average molecular weight is 364 g/mol. The molecule has 0 bridgehead atoms. The highest BCUT2D eigenvalue weighted by atomic mass is 32.2. The van der Waals surface area contributed by atoms with E-state index in [4.69, 9.17) is 9.97 Å². The number of aromatic nitrogens is 2. The van der Waals surface area contributed by atoms with Gasteiger partial charge in [0.05, 0.1) is 5.75 Å². The highest BCUT2D eigenvalue weighted by Gasteiger charge is 2.19. The Bertz CT molecular complexity index is 735. The van der Waals surface area contributed by atoms with Gasteiger partial charge in [0, 0.05) is 22.7 Å². The Kier molecular flexibility index (Phi) is 5.76. The third kappa shape index (κ3) is 3.91. The first-order chi connectivity index (χ1) is 11.6. The molecule has 1 aliphatic rings. The van der Waals surface area contributed by atoms with Crippen LogP contribution >= 0.6 is 23.1 Å². The second-order valence-electron chi connectivity index (χ2n) is 6.50. The number of thioether (sulfide) groups is 1. The van der Waals surface area contributed by atoms with E-state index in [0.717, 1.165) is 46.8 Å². The quantitative estimate of drug-likeness (QED) is 0.610. The van der Waals surface area contributed by atoms with Crippen molar-refractivity contribution in [3.05, 3.63) is 16.3 Å². The fourth-order valence-electron chi connectivity index (χ4n) is 3.17. The molecule has 0 aromatic carbocycles. The van der Waals surface area contributed by atoms with Crippen LogP contribution in [0.25, 0.3) is 10.2 Å². The van der Waals surface area contributed by atoms with Crippen LogP contribution in [0.2, 0.25) is 0 Å². The van der Waals surface area contributed by atoms with Crippen molar-refractivity contribution in [1.82, 2.24) is 15.3 Å². The van der Waals surface area contributed by atoms with Crippen LogP contribution in [-0.2, 0) is 11.2 Å². The molecule has 0 saturated heterocycles. The first-order valence-electron chi connectivity index (χ1n) is 8.77. The molecule has 0 unspecified atom stereocenters. The standard InChI is InChI=1S/C18H25N3OS2/c1-4-7-14-20-17(16-11(2)12(3)24-18(16)21-14)23-10-15(22)19-13-8-5-6-9-13/h13H,4-10H2,1-3H3,(H,19,22). The fourth-order valence-corrected chi connectivity index (χ4v) is 5.20. The maximum absolute atomic E-state index is 12.2. The van der Waals surface area contributed by atoms with E-state index in [1.54, 1.807) is 23.1 Å². The molecule has 3 rings (SSSR count). The number of carbonyl (C=O) groups excluding carboxylic acids is 1. The van der Waals surface area contributed by atoms with Gasteiger partial charge < -0.3 is 5.32 Å². The highest BCUT2D eigenvalue weighted by molar-refractivity contribution is 8.00. The fraction of sp³-hybridized carbons (Fsp3) is 0.611. The van der Waals surface area contributed by atoms with Crippen molar-refractivity contribution in [2.24, 2.45) is 0 Å². The molecule has 1 amide bonds. The molecule has 4 nitrogen and oxygen atoms in total. The van der Waals surface area contributed by atoms with Gasteiger partial charge in [-0.25, -0.2) is 9.97 Å². The molecule has 1 saturated carbocycles. The van der Waals surface area contributed by atoms with E-state index in [9.17, 15) is 4.79 Å². The molecule has 130 valence electrons. The minimum absolute atomic E-state index is 0.125. The van der Waals surface area contributed by atoms with Gasteiger partial charge in [-0.2, -0.15) is 0 Å². The van der Waals surface area contributed by atoms with E-state index in [-0.39, 0.29) is 5.91 Å². The molecule has 6 heteroatoms.